The van der Waals surface area contributed by atoms with Gasteiger partial charge in [-0.3, -0.25) is 0 Å². The van der Waals surface area contributed by atoms with Gasteiger partial charge in [-0.1, -0.05) is 30.3 Å². The lowest BCUT2D eigenvalue weighted by molar-refractivity contribution is 0.0459. The van der Waals surface area contributed by atoms with Crippen molar-refractivity contribution in [3.63, 3.8) is 0 Å². The van der Waals surface area contributed by atoms with Gasteiger partial charge in [0.1, 0.15) is 18.5 Å². The normalized spacial score (nSPS) is 16.8. The van der Waals surface area contributed by atoms with Gasteiger partial charge in [-0.05, 0) is 55.9 Å². The van der Waals surface area contributed by atoms with Crippen LogP contribution in [0.2, 0.25) is 0 Å². The second-order valence-electron chi connectivity index (χ2n) is 8.37. The molecule has 1 saturated heterocycles. The van der Waals surface area contributed by atoms with E-state index < -0.39 is 6.10 Å². The van der Waals surface area contributed by atoms with Gasteiger partial charge in [0.15, 0.2) is 0 Å². The van der Waals surface area contributed by atoms with Crippen LogP contribution in [-0.2, 0) is 0 Å². The molecule has 0 aliphatic carbocycles. The van der Waals surface area contributed by atoms with E-state index in [4.69, 9.17) is 14.3 Å². The van der Waals surface area contributed by atoms with Crippen molar-refractivity contribution in [3.05, 3.63) is 55.0 Å². The Hall–Kier alpha value is -2.38. The van der Waals surface area contributed by atoms with E-state index in [1.54, 1.807) is 12.5 Å². The number of nitrogens with zero attached hydrogens (tertiary/aromatic N) is 2. The smallest absolute Gasteiger partial charge is 0.128 e. The van der Waals surface area contributed by atoms with Crippen LogP contribution in [-0.4, -0.2) is 78.6 Å². The monoisotopic (exact) mass is 424 g/mol. The van der Waals surface area contributed by atoms with E-state index >= 15 is 0 Å². The minimum absolute atomic E-state index is 0.197. The number of fused-ring (bicyclic) bond motifs is 1. The zero-order chi connectivity index (χ0) is 21.6. The van der Waals surface area contributed by atoms with Crippen LogP contribution in [0.25, 0.3) is 21.9 Å². The van der Waals surface area contributed by atoms with Gasteiger partial charge < -0.3 is 29.2 Å². The summed E-state index contributed by atoms with van der Waals surface area (Å²) < 4.78 is 11.4. The Labute approximate surface area is 183 Å². The van der Waals surface area contributed by atoms with Gasteiger partial charge in [0, 0.05) is 30.3 Å². The highest BCUT2D eigenvalue weighted by molar-refractivity contribution is 5.99. The first-order valence-corrected chi connectivity index (χ1v) is 11.0. The molecule has 6 heteroatoms. The van der Waals surface area contributed by atoms with E-state index in [2.05, 4.69) is 29.0 Å². The van der Waals surface area contributed by atoms with Crippen molar-refractivity contribution in [1.29, 1.82) is 0 Å². The molecule has 0 radical (unpaired) electrons. The average molecular weight is 425 g/mol. The molecule has 2 heterocycles. The van der Waals surface area contributed by atoms with Gasteiger partial charge in [-0.25, -0.2) is 0 Å². The van der Waals surface area contributed by atoms with Crippen molar-refractivity contribution in [2.24, 2.45) is 0 Å². The van der Waals surface area contributed by atoms with Gasteiger partial charge in [0.2, 0.25) is 0 Å². The van der Waals surface area contributed by atoms with E-state index in [0.717, 1.165) is 53.6 Å². The molecule has 4 rings (SSSR count). The number of hydrogen-bond donors (Lipinski definition) is 2. The van der Waals surface area contributed by atoms with Gasteiger partial charge in [0.25, 0.3) is 0 Å². The van der Waals surface area contributed by atoms with E-state index in [-0.39, 0.29) is 13.2 Å². The maximum absolute atomic E-state index is 10.6. The summed E-state index contributed by atoms with van der Waals surface area (Å²) in [6.45, 7) is 3.66. The predicted molar refractivity (Wildman–Crippen MR) is 122 cm³/mol. The molecule has 31 heavy (non-hydrogen) atoms. The SMILES string of the molecule is CN(CCO)C1CCN(CC(O)COc2ccc3ccccc3c2-c2ccoc2)CC1. The topological polar surface area (TPSA) is 69.3 Å². The minimum Gasteiger partial charge on any atom is -0.490 e. The van der Waals surface area contributed by atoms with Gasteiger partial charge >= 0.3 is 0 Å². The molecule has 1 fully saturated rings. The number of ether oxygens (including phenoxy) is 1. The average Bonchev–Trinajstić information content (AvgIpc) is 3.32. The van der Waals surface area contributed by atoms with Crippen LogP contribution in [0.1, 0.15) is 12.8 Å². The number of likely N-dealkylation sites (tertiary alicyclic amines) is 1. The Kier molecular flexibility index (Phi) is 7.25. The van der Waals surface area contributed by atoms with E-state index in [0.29, 0.717) is 19.1 Å². The summed E-state index contributed by atoms with van der Waals surface area (Å²) in [5.74, 6) is 0.753. The molecular formula is C25H32N2O4. The molecule has 0 saturated carbocycles. The highest BCUT2D eigenvalue weighted by atomic mass is 16.5. The fraction of sp³-hybridized carbons (Fsp3) is 0.440. The number of β-amino-alcohol motifs (C(OH)–C–C–N with tert-alkyl or cyclic N) is 1. The van der Waals surface area contributed by atoms with Crippen LogP contribution in [0.3, 0.4) is 0 Å². The molecular weight excluding hydrogens is 392 g/mol. The highest BCUT2D eigenvalue weighted by Gasteiger charge is 2.24. The first-order valence-electron chi connectivity index (χ1n) is 11.0. The third-order valence-electron chi connectivity index (χ3n) is 6.23. The Morgan fingerprint density at radius 3 is 2.71 bits per heavy atom. The van der Waals surface area contributed by atoms with Gasteiger partial charge in [0.05, 0.1) is 19.1 Å². The summed E-state index contributed by atoms with van der Waals surface area (Å²) in [5.41, 5.74) is 1.96. The van der Waals surface area contributed by atoms with Gasteiger partial charge in [-0.15, -0.1) is 0 Å². The highest BCUT2D eigenvalue weighted by Crippen LogP contribution is 2.37. The molecule has 1 aromatic heterocycles. The molecule has 1 atom stereocenters. The van der Waals surface area contributed by atoms with Crippen molar-refractivity contribution in [2.75, 3.05) is 46.4 Å². The molecule has 166 valence electrons. The number of hydrogen-bond acceptors (Lipinski definition) is 6. The molecule has 2 N–H and O–H groups in total. The Balaban J connectivity index is 1.37. The van der Waals surface area contributed by atoms with Crippen molar-refractivity contribution in [1.82, 2.24) is 9.80 Å². The number of benzene rings is 2. The molecule has 3 aromatic rings. The number of aliphatic hydroxyl groups is 2. The Morgan fingerprint density at radius 2 is 1.97 bits per heavy atom. The maximum atomic E-state index is 10.6. The summed E-state index contributed by atoms with van der Waals surface area (Å²) >= 11 is 0. The molecule has 1 aliphatic heterocycles. The lowest BCUT2D eigenvalue weighted by Crippen LogP contribution is -2.46. The standard InChI is InChI=1S/C25H32N2O4/c1-26(13-14-28)21-8-11-27(12-9-21)16-22(29)18-31-24-7-6-19-4-2-3-5-23(19)25(24)20-10-15-30-17-20/h2-7,10,15,17,21-22,28-29H,8-9,11-14,16,18H2,1H3. The zero-order valence-corrected chi connectivity index (χ0v) is 18.1. The van der Waals surface area contributed by atoms with Crippen LogP contribution < -0.4 is 4.74 Å². The minimum atomic E-state index is -0.560. The fourth-order valence-corrected chi connectivity index (χ4v) is 4.50. The quantitative estimate of drug-likeness (QED) is 0.550. The van der Waals surface area contributed by atoms with E-state index in [9.17, 15) is 5.11 Å². The first kappa shape index (κ1) is 21.8. The van der Waals surface area contributed by atoms with Crippen LogP contribution >= 0.6 is 0 Å². The summed E-state index contributed by atoms with van der Waals surface area (Å²) in [6.07, 6.45) is 4.94. The van der Waals surface area contributed by atoms with Crippen LogP contribution in [0.4, 0.5) is 0 Å². The van der Waals surface area contributed by atoms with Crippen molar-refractivity contribution in [2.45, 2.75) is 25.0 Å². The summed E-state index contributed by atoms with van der Waals surface area (Å²) in [7, 11) is 2.07. The lowest BCUT2D eigenvalue weighted by atomic mass is 9.99. The third-order valence-corrected chi connectivity index (χ3v) is 6.23. The predicted octanol–water partition coefficient (Wildman–Crippen LogP) is 3.23. The van der Waals surface area contributed by atoms with Gasteiger partial charge in [-0.2, -0.15) is 0 Å². The first-order chi connectivity index (χ1) is 15.2. The second kappa shape index (κ2) is 10.3. The largest absolute Gasteiger partial charge is 0.490 e. The summed E-state index contributed by atoms with van der Waals surface area (Å²) in [4.78, 5) is 4.53. The van der Waals surface area contributed by atoms with Crippen molar-refractivity contribution < 1.29 is 19.4 Å². The summed E-state index contributed by atoms with van der Waals surface area (Å²) in [6, 6.07) is 14.7. The van der Waals surface area contributed by atoms with Crippen molar-refractivity contribution >= 4 is 10.8 Å². The molecule has 0 bridgehead atoms. The third kappa shape index (κ3) is 5.28. The second-order valence-corrected chi connectivity index (χ2v) is 8.37. The Bertz CT molecular complexity index is 951. The lowest BCUT2D eigenvalue weighted by Gasteiger charge is -2.37. The van der Waals surface area contributed by atoms with Crippen LogP contribution in [0, 0.1) is 0 Å². The molecule has 6 nitrogen and oxygen atoms in total. The number of furan rings is 1. The maximum Gasteiger partial charge on any atom is 0.128 e. The molecule has 1 unspecified atom stereocenters. The van der Waals surface area contributed by atoms with Crippen LogP contribution in [0.5, 0.6) is 5.75 Å². The number of aliphatic hydroxyl groups excluding tert-OH is 2. The van der Waals surface area contributed by atoms with E-state index in [1.165, 1.54) is 0 Å². The fourth-order valence-electron chi connectivity index (χ4n) is 4.50. The summed E-state index contributed by atoms with van der Waals surface area (Å²) in [5, 5.41) is 22.0. The van der Waals surface area contributed by atoms with Crippen LogP contribution in [0.15, 0.2) is 59.4 Å². The molecule has 0 amide bonds. The van der Waals surface area contributed by atoms with E-state index in [1.807, 2.05) is 30.3 Å². The Morgan fingerprint density at radius 1 is 1.16 bits per heavy atom. The number of rotatable bonds is 9. The van der Waals surface area contributed by atoms with Crippen molar-refractivity contribution in [3.8, 4) is 16.9 Å². The molecule has 2 aromatic carbocycles. The number of likely N-dealkylation sites (N-methyl/N-ethyl adjacent to an activating group) is 1. The molecule has 1 aliphatic rings. The number of piperidine rings is 1. The molecule has 0 spiro atoms. The zero-order valence-electron chi connectivity index (χ0n) is 18.1.